The number of hydrogen-bond acceptors (Lipinski definition) is 4. The van der Waals surface area contributed by atoms with E-state index in [1.807, 2.05) is 0 Å². The molecule has 0 saturated heterocycles. The Balaban J connectivity index is 3.04. The van der Waals surface area contributed by atoms with Crippen molar-refractivity contribution in [3.8, 4) is 0 Å². The second kappa shape index (κ2) is 6.91. The minimum atomic E-state index is 0.272. The van der Waals surface area contributed by atoms with Crippen LogP contribution in [0.25, 0.3) is 0 Å². The molecule has 4 heteroatoms. The van der Waals surface area contributed by atoms with Crippen molar-refractivity contribution in [1.29, 1.82) is 0 Å². The Kier molecular flexibility index (Phi) is 5.78. The van der Waals surface area contributed by atoms with Gasteiger partial charge in [-0.15, -0.1) is 0 Å². The van der Waals surface area contributed by atoms with Gasteiger partial charge in [0.25, 0.3) is 0 Å². The highest BCUT2D eigenvalue weighted by Gasteiger charge is 2.17. The van der Waals surface area contributed by atoms with Gasteiger partial charge in [-0.2, -0.15) is 0 Å². The van der Waals surface area contributed by atoms with Gasteiger partial charge in [-0.3, -0.25) is 0 Å². The third-order valence-electron chi connectivity index (χ3n) is 3.72. The van der Waals surface area contributed by atoms with Crippen molar-refractivity contribution in [2.45, 2.75) is 60.8 Å². The number of nitrogens with one attached hydrogen (secondary N) is 2. The van der Waals surface area contributed by atoms with Crippen LogP contribution in [0.4, 0.5) is 11.6 Å². The fraction of sp³-hybridized carbons (Fsp3) is 0.750. The van der Waals surface area contributed by atoms with Gasteiger partial charge in [-0.25, -0.2) is 9.97 Å². The van der Waals surface area contributed by atoms with E-state index in [1.165, 1.54) is 0 Å². The number of rotatable bonds is 7. The zero-order valence-corrected chi connectivity index (χ0v) is 14.1. The summed E-state index contributed by atoms with van der Waals surface area (Å²) in [5.74, 6) is 3.13. The Morgan fingerprint density at radius 1 is 1.05 bits per heavy atom. The van der Waals surface area contributed by atoms with Crippen molar-refractivity contribution in [2.24, 2.45) is 5.41 Å². The topological polar surface area (TPSA) is 49.8 Å². The minimum Gasteiger partial charge on any atom is -0.370 e. The minimum absolute atomic E-state index is 0.272. The van der Waals surface area contributed by atoms with E-state index >= 15 is 0 Å². The molecule has 0 aromatic carbocycles. The SMILES string of the molecule is CCNc1nc(C(C)C)nc(NCC(C)(C)CC)c1C. The van der Waals surface area contributed by atoms with Gasteiger partial charge in [0.1, 0.15) is 17.5 Å². The normalized spacial score (nSPS) is 11.8. The summed E-state index contributed by atoms with van der Waals surface area (Å²) in [6.45, 7) is 17.0. The summed E-state index contributed by atoms with van der Waals surface area (Å²) in [5.41, 5.74) is 1.37. The molecule has 1 heterocycles. The molecule has 1 aromatic heterocycles. The van der Waals surface area contributed by atoms with Gasteiger partial charge in [0.05, 0.1) is 0 Å². The van der Waals surface area contributed by atoms with Crippen molar-refractivity contribution in [3.63, 3.8) is 0 Å². The summed E-state index contributed by atoms with van der Waals surface area (Å²) in [4.78, 5) is 9.31. The lowest BCUT2D eigenvalue weighted by atomic mass is 9.90. The van der Waals surface area contributed by atoms with Gasteiger partial charge in [0.15, 0.2) is 0 Å². The van der Waals surface area contributed by atoms with Crippen LogP contribution in [0.3, 0.4) is 0 Å². The maximum Gasteiger partial charge on any atom is 0.135 e. The first-order valence-electron chi connectivity index (χ1n) is 7.67. The van der Waals surface area contributed by atoms with Crippen molar-refractivity contribution in [1.82, 2.24) is 9.97 Å². The molecular weight excluding hydrogens is 248 g/mol. The molecule has 0 aliphatic rings. The summed E-state index contributed by atoms with van der Waals surface area (Å²) in [5, 5.41) is 6.84. The molecule has 0 radical (unpaired) electrons. The zero-order valence-electron chi connectivity index (χ0n) is 14.1. The van der Waals surface area contributed by atoms with E-state index in [-0.39, 0.29) is 5.41 Å². The van der Waals surface area contributed by atoms with E-state index in [0.29, 0.717) is 5.92 Å². The monoisotopic (exact) mass is 278 g/mol. The van der Waals surface area contributed by atoms with Crippen molar-refractivity contribution < 1.29 is 0 Å². The predicted octanol–water partition coefficient (Wildman–Crippen LogP) is 4.19. The van der Waals surface area contributed by atoms with Crippen molar-refractivity contribution >= 4 is 11.6 Å². The van der Waals surface area contributed by atoms with Crippen LogP contribution in [-0.4, -0.2) is 23.1 Å². The summed E-state index contributed by atoms with van der Waals surface area (Å²) in [6, 6.07) is 0. The van der Waals surface area contributed by atoms with Crippen LogP contribution >= 0.6 is 0 Å². The highest BCUT2D eigenvalue weighted by molar-refractivity contribution is 5.57. The maximum absolute atomic E-state index is 4.69. The average molecular weight is 278 g/mol. The first kappa shape index (κ1) is 16.7. The molecule has 114 valence electrons. The number of anilines is 2. The van der Waals surface area contributed by atoms with E-state index < -0.39 is 0 Å². The fourth-order valence-corrected chi connectivity index (χ4v) is 1.75. The van der Waals surface area contributed by atoms with Crippen LogP contribution in [0.15, 0.2) is 0 Å². The van der Waals surface area contributed by atoms with Gasteiger partial charge in [0.2, 0.25) is 0 Å². The van der Waals surface area contributed by atoms with Crippen LogP contribution in [0.2, 0.25) is 0 Å². The van der Waals surface area contributed by atoms with E-state index in [9.17, 15) is 0 Å². The largest absolute Gasteiger partial charge is 0.370 e. The lowest BCUT2D eigenvalue weighted by Gasteiger charge is -2.24. The molecule has 0 atom stereocenters. The van der Waals surface area contributed by atoms with Crippen LogP contribution in [0.1, 0.15) is 65.3 Å². The van der Waals surface area contributed by atoms with Gasteiger partial charge >= 0.3 is 0 Å². The fourth-order valence-electron chi connectivity index (χ4n) is 1.75. The molecule has 0 fully saturated rings. The highest BCUT2D eigenvalue weighted by atomic mass is 15.1. The molecule has 0 unspecified atom stereocenters. The van der Waals surface area contributed by atoms with E-state index in [4.69, 9.17) is 0 Å². The molecule has 0 amide bonds. The second-order valence-electron chi connectivity index (χ2n) is 6.46. The van der Waals surface area contributed by atoms with Gasteiger partial charge in [0, 0.05) is 24.6 Å². The Morgan fingerprint density at radius 2 is 1.60 bits per heavy atom. The van der Waals surface area contributed by atoms with E-state index in [1.54, 1.807) is 0 Å². The summed E-state index contributed by atoms with van der Waals surface area (Å²) < 4.78 is 0. The third kappa shape index (κ3) is 4.36. The molecule has 2 N–H and O–H groups in total. The van der Waals surface area contributed by atoms with Crippen LogP contribution in [-0.2, 0) is 0 Å². The van der Waals surface area contributed by atoms with Gasteiger partial charge in [-0.05, 0) is 25.7 Å². The first-order chi connectivity index (χ1) is 9.30. The quantitative estimate of drug-likeness (QED) is 0.785. The molecule has 0 saturated carbocycles. The molecule has 1 rings (SSSR count). The molecule has 4 nitrogen and oxygen atoms in total. The van der Waals surface area contributed by atoms with Gasteiger partial charge in [-0.1, -0.05) is 34.6 Å². The summed E-state index contributed by atoms with van der Waals surface area (Å²) in [7, 11) is 0. The lowest BCUT2D eigenvalue weighted by molar-refractivity contribution is 0.376. The highest BCUT2D eigenvalue weighted by Crippen LogP contribution is 2.25. The summed E-state index contributed by atoms with van der Waals surface area (Å²) in [6.07, 6.45) is 1.14. The Hall–Kier alpha value is -1.32. The molecule has 1 aromatic rings. The number of nitrogens with zero attached hydrogens (tertiary/aromatic N) is 2. The van der Waals surface area contributed by atoms with E-state index in [0.717, 1.165) is 42.5 Å². The standard InChI is InChI=1S/C16H30N4/c1-8-16(6,7)10-18-15-12(5)14(17-9-2)19-13(20-15)11(3)4/h11H,8-10H2,1-7H3,(H2,17,18,19,20). The Morgan fingerprint density at radius 3 is 2.05 bits per heavy atom. The number of hydrogen-bond donors (Lipinski definition) is 2. The van der Waals surface area contributed by atoms with Crippen LogP contribution in [0, 0.1) is 12.3 Å². The molecule has 0 aliphatic carbocycles. The molecule has 0 spiro atoms. The van der Waals surface area contributed by atoms with Crippen LogP contribution in [0.5, 0.6) is 0 Å². The van der Waals surface area contributed by atoms with E-state index in [2.05, 4.69) is 69.1 Å². The maximum atomic E-state index is 4.69. The van der Waals surface area contributed by atoms with Gasteiger partial charge < -0.3 is 10.6 Å². The smallest absolute Gasteiger partial charge is 0.135 e. The molecule has 0 aliphatic heterocycles. The third-order valence-corrected chi connectivity index (χ3v) is 3.72. The Labute approximate surface area is 123 Å². The zero-order chi connectivity index (χ0) is 15.3. The predicted molar refractivity (Wildman–Crippen MR) is 87.6 cm³/mol. The van der Waals surface area contributed by atoms with Crippen LogP contribution < -0.4 is 10.6 Å². The molecular formula is C16H30N4. The molecule has 20 heavy (non-hydrogen) atoms. The second-order valence-corrected chi connectivity index (χ2v) is 6.46. The molecule has 0 bridgehead atoms. The first-order valence-corrected chi connectivity index (χ1v) is 7.67. The Bertz CT molecular complexity index is 438. The number of aromatic nitrogens is 2. The summed E-state index contributed by atoms with van der Waals surface area (Å²) >= 11 is 0. The lowest BCUT2D eigenvalue weighted by Crippen LogP contribution is -2.23. The van der Waals surface area contributed by atoms with Crippen molar-refractivity contribution in [2.75, 3.05) is 23.7 Å². The van der Waals surface area contributed by atoms with Crippen molar-refractivity contribution in [3.05, 3.63) is 11.4 Å². The average Bonchev–Trinajstić information content (AvgIpc) is 2.39.